The van der Waals surface area contributed by atoms with Gasteiger partial charge in [0.2, 0.25) is 10.0 Å². The normalized spacial score (nSPS) is 19.3. The van der Waals surface area contributed by atoms with Crippen LogP contribution in [0.4, 0.5) is 0 Å². The van der Waals surface area contributed by atoms with Crippen molar-refractivity contribution in [2.75, 3.05) is 31.6 Å². The summed E-state index contributed by atoms with van der Waals surface area (Å²) in [6, 6.07) is 7.43. The van der Waals surface area contributed by atoms with E-state index in [0.29, 0.717) is 4.90 Å². The Labute approximate surface area is 132 Å². The summed E-state index contributed by atoms with van der Waals surface area (Å²) in [6.45, 7) is 3.95. The summed E-state index contributed by atoms with van der Waals surface area (Å²) in [7, 11) is -1.66. The Balaban J connectivity index is 2.05. The highest BCUT2D eigenvalue weighted by Crippen LogP contribution is 2.26. The molecule has 1 saturated heterocycles. The lowest BCUT2D eigenvalue weighted by molar-refractivity contribution is 0.394. The predicted molar refractivity (Wildman–Crippen MR) is 89.4 cm³/mol. The van der Waals surface area contributed by atoms with Crippen molar-refractivity contribution >= 4 is 21.8 Å². The molecule has 118 valence electrons. The van der Waals surface area contributed by atoms with Crippen LogP contribution >= 0.6 is 11.8 Å². The lowest BCUT2D eigenvalue weighted by Gasteiger charge is -2.23. The second-order valence-corrected chi connectivity index (χ2v) is 8.43. The van der Waals surface area contributed by atoms with E-state index < -0.39 is 10.0 Å². The number of nitrogens with zero attached hydrogens (tertiary/aromatic N) is 1. The standard InChI is InChI=1S/C15H24N2O2S2/c1-3-16-10-8-13-4-6-15(7-5-13)21(18,19)17(2)14-9-11-20-12-14/h4-7,14,16H,3,8-12H2,1-2H3. The van der Waals surface area contributed by atoms with Crippen LogP contribution in [0.3, 0.4) is 0 Å². The van der Waals surface area contributed by atoms with Crippen molar-refractivity contribution in [3.63, 3.8) is 0 Å². The van der Waals surface area contributed by atoms with Gasteiger partial charge < -0.3 is 5.32 Å². The maximum Gasteiger partial charge on any atom is 0.243 e. The van der Waals surface area contributed by atoms with Crippen LogP contribution in [0.5, 0.6) is 0 Å². The van der Waals surface area contributed by atoms with Gasteiger partial charge in [-0.25, -0.2) is 8.42 Å². The molecule has 0 saturated carbocycles. The van der Waals surface area contributed by atoms with Gasteiger partial charge in [0.15, 0.2) is 0 Å². The van der Waals surface area contributed by atoms with Crippen molar-refractivity contribution in [2.45, 2.75) is 30.7 Å². The Hall–Kier alpha value is -0.560. The van der Waals surface area contributed by atoms with E-state index in [2.05, 4.69) is 12.2 Å². The zero-order valence-electron chi connectivity index (χ0n) is 12.7. The van der Waals surface area contributed by atoms with Crippen molar-refractivity contribution in [1.29, 1.82) is 0 Å². The van der Waals surface area contributed by atoms with Gasteiger partial charge in [0.05, 0.1) is 4.90 Å². The number of hydrogen-bond donors (Lipinski definition) is 1. The summed E-state index contributed by atoms with van der Waals surface area (Å²) in [5, 5.41) is 3.27. The van der Waals surface area contributed by atoms with Gasteiger partial charge in [-0.05, 0) is 49.4 Å². The fraction of sp³-hybridized carbons (Fsp3) is 0.600. The van der Waals surface area contributed by atoms with Gasteiger partial charge in [-0.1, -0.05) is 19.1 Å². The van der Waals surface area contributed by atoms with Gasteiger partial charge in [-0.2, -0.15) is 16.1 Å². The van der Waals surface area contributed by atoms with E-state index in [1.54, 1.807) is 23.5 Å². The molecule has 4 nitrogen and oxygen atoms in total. The Morgan fingerprint density at radius 2 is 2.05 bits per heavy atom. The van der Waals surface area contributed by atoms with E-state index in [0.717, 1.165) is 43.0 Å². The fourth-order valence-electron chi connectivity index (χ4n) is 2.41. The van der Waals surface area contributed by atoms with E-state index in [-0.39, 0.29) is 6.04 Å². The molecule has 0 spiro atoms. The summed E-state index contributed by atoms with van der Waals surface area (Å²) in [5.41, 5.74) is 1.16. The van der Waals surface area contributed by atoms with E-state index in [4.69, 9.17) is 0 Å². The first-order chi connectivity index (χ1) is 10.1. The smallest absolute Gasteiger partial charge is 0.243 e. The molecule has 1 aliphatic rings. The second-order valence-electron chi connectivity index (χ2n) is 5.29. The first-order valence-corrected chi connectivity index (χ1v) is 10.0. The number of hydrogen-bond acceptors (Lipinski definition) is 4. The van der Waals surface area contributed by atoms with E-state index in [1.165, 1.54) is 0 Å². The molecule has 1 atom stereocenters. The van der Waals surface area contributed by atoms with Gasteiger partial charge in [0.25, 0.3) is 0 Å². The number of nitrogens with one attached hydrogen (secondary N) is 1. The lowest BCUT2D eigenvalue weighted by atomic mass is 10.1. The molecule has 0 aliphatic carbocycles. The minimum Gasteiger partial charge on any atom is -0.317 e. The molecular weight excluding hydrogens is 304 g/mol. The molecule has 6 heteroatoms. The molecule has 1 aromatic rings. The van der Waals surface area contributed by atoms with E-state index >= 15 is 0 Å². The average Bonchev–Trinajstić information content (AvgIpc) is 3.01. The van der Waals surface area contributed by atoms with Gasteiger partial charge >= 0.3 is 0 Å². The summed E-state index contributed by atoms with van der Waals surface area (Å²) in [5.74, 6) is 1.95. The summed E-state index contributed by atoms with van der Waals surface area (Å²) in [4.78, 5) is 0.397. The molecule has 0 radical (unpaired) electrons. The number of benzene rings is 1. The molecule has 1 heterocycles. The molecular formula is C15H24N2O2S2. The Morgan fingerprint density at radius 1 is 1.33 bits per heavy atom. The molecule has 0 amide bonds. The summed E-state index contributed by atoms with van der Waals surface area (Å²) in [6.07, 6.45) is 1.87. The lowest BCUT2D eigenvalue weighted by Crippen LogP contribution is -2.36. The number of rotatable bonds is 7. The van der Waals surface area contributed by atoms with Crippen LogP contribution in [-0.2, 0) is 16.4 Å². The Morgan fingerprint density at radius 3 is 2.62 bits per heavy atom. The fourth-order valence-corrected chi connectivity index (χ4v) is 5.16. The molecule has 1 unspecified atom stereocenters. The topological polar surface area (TPSA) is 49.4 Å². The molecule has 21 heavy (non-hydrogen) atoms. The Bertz CT molecular complexity index is 537. The quantitative estimate of drug-likeness (QED) is 0.778. The maximum absolute atomic E-state index is 12.6. The molecule has 1 N–H and O–H groups in total. The molecule has 2 rings (SSSR count). The molecule has 1 fully saturated rings. The van der Waals surface area contributed by atoms with Crippen LogP contribution in [0.15, 0.2) is 29.2 Å². The third kappa shape index (κ3) is 4.22. The highest BCUT2D eigenvalue weighted by atomic mass is 32.2. The maximum atomic E-state index is 12.6. The zero-order chi connectivity index (χ0) is 15.3. The summed E-state index contributed by atoms with van der Waals surface area (Å²) >= 11 is 1.82. The van der Waals surface area contributed by atoms with Crippen molar-refractivity contribution in [3.8, 4) is 0 Å². The molecule has 0 bridgehead atoms. The van der Waals surface area contributed by atoms with Crippen LogP contribution < -0.4 is 5.32 Å². The number of thioether (sulfide) groups is 1. The van der Waals surface area contributed by atoms with Crippen LogP contribution in [0, 0.1) is 0 Å². The largest absolute Gasteiger partial charge is 0.317 e. The van der Waals surface area contributed by atoms with Crippen molar-refractivity contribution in [2.24, 2.45) is 0 Å². The van der Waals surface area contributed by atoms with Crippen LogP contribution in [0.2, 0.25) is 0 Å². The van der Waals surface area contributed by atoms with E-state index in [9.17, 15) is 8.42 Å². The molecule has 1 aliphatic heterocycles. The van der Waals surface area contributed by atoms with Gasteiger partial charge in [-0.15, -0.1) is 0 Å². The van der Waals surface area contributed by atoms with Crippen molar-refractivity contribution in [3.05, 3.63) is 29.8 Å². The van der Waals surface area contributed by atoms with Gasteiger partial charge in [-0.3, -0.25) is 0 Å². The third-order valence-corrected chi connectivity index (χ3v) is 6.93. The first-order valence-electron chi connectivity index (χ1n) is 7.41. The monoisotopic (exact) mass is 328 g/mol. The second kappa shape index (κ2) is 7.63. The van der Waals surface area contributed by atoms with Gasteiger partial charge in [0, 0.05) is 18.8 Å². The van der Waals surface area contributed by atoms with Crippen LogP contribution in [0.1, 0.15) is 18.9 Å². The highest BCUT2D eigenvalue weighted by Gasteiger charge is 2.30. The van der Waals surface area contributed by atoms with Crippen LogP contribution in [0.25, 0.3) is 0 Å². The molecule has 1 aromatic carbocycles. The van der Waals surface area contributed by atoms with Crippen LogP contribution in [-0.4, -0.2) is 50.4 Å². The predicted octanol–water partition coefficient (Wildman–Crippen LogP) is 1.96. The van der Waals surface area contributed by atoms with Crippen molar-refractivity contribution < 1.29 is 8.42 Å². The Kier molecular flexibility index (Phi) is 6.10. The average molecular weight is 329 g/mol. The molecule has 0 aromatic heterocycles. The van der Waals surface area contributed by atoms with Gasteiger partial charge in [0.1, 0.15) is 0 Å². The van der Waals surface area contributed by atoms with Crippen molar-refractivity contribution in [1.82, 2.24) is 9.62 Å². The third-order valence-electron chi connectivity index (χ3n) is 3.86. The number of likely N-dealkylation sites (N-methyl/N-ethyl adjacent to an activating group) is 1. The SMILES string of the molecule is CCNCCc1ccc(S(=O)(=O)N(C)C2CCSC2)cc1. The first kappa shape index (κ1) is 16.8. The minimum atomic E-state index is -3.36. The zero-order valence-corrected chi connectivity index (χ0v) is 14.3. The number of sulfonamides is 1. The minimum absolute atomic E-state index is 0.133. The summed E-state index contributed by atoms with van der Waals surface area (Å²) < 4.78 is 26.7. The highest BCUT2D eigenvalue weighted by molar-refractivity contribution is 7.99. The van der Waals surface area contributed by atoms with E-state index in [1.807, 2.05) is 23.9 Å².